The molecule has 0 fully saturated rings. The molecular weight excluding hydrogens is 369 g/mol. The second-order valence-corrected chi connectivity index (χ2v) is 6.81. The van der Waals surface area contributed by atoms with Gasteiger partial charge in [-0.3, -0.25) is 9.59 Å². The number of fused-ring (bicyclic) bond motifs is 1. The van der Waals surface area contributed by atoms with Gasteiger partial charge >= 0.3 is 6.18 Å². The average molecular weight is 388 g/mol. The summed E-state index contributed by atoms with van der Waals surface area (Å²) in [4.78, 5) is 28.5. The van der Waals surface area contributed by atoms with E-state index in [1.54, 1.807) is 6.08 Å². The minimum Gasteiger partial charge on any atom is -0.352 e. The van der Waals surface area contributed by atoms with Crippen molar-refractivity contribution in [3.8, 4) is 0 Å². The Hall–Kier alpha value is -2.96. The van der Waals surface area contributed by atoms with E-state index in [1.165, 1.54) is 12.1 Å². The molecule has 1 atom stereocenters. The summed E-state index contributed by atoms with van der Waals surface area (Å²) >= 11 is 0. The molecule has 1 heterocycles. The second kappa shape index (κ2) is 7.58. The molecule has 3 rings (SSSR count). The molecule has 1 aliphatic heterocycles. The molecule has 2 amide bonds. The fourth-order valence-electron chi connectivity index (χ4n) is 3.11. The predicted octanol–water partition coefficient (Wildman–Crippen LogP) is 2.70. The van der Waals surface area contributed by atoms with E-state index in [2.05, 4.69) is 10.3 Å². The molecule has 0 spiro atoms. The lowest BCUT2D eigenvalue weighted by molar-refractivity contribution is -0.138. The molecule has 2 aromatic rings. The van der Waals surface area contributed by atoms with Crippen LogP contribution in [-0.2, 0) is 11.0 Å². The Morgan fingerprint density at radius 2 is 1.82 bits per heavy atom. The first-order chi connectivity index (χ1) is 13.2. The number of aryl methyl sites for hydroxylation is 2. The van der Waals surface area contributed by atoms with Crippen molar-refractivity contribution in [3.05, 3.63) is 69.2 Å². The van der Waals surface area contributed by atoms with Crippen LogP contribution in [0.25, 0.3) is 6.08 Å². The van der Waals surface area contributed by atoms with Gasteiger partial charge in [0.05, 0.1) is 22.4 Å². The molecule has 0 aromatic heterocycles. The highest BCUT2D eigenvalue weighted by molar-refractivity contribution is 5.96. The molecule has 1 aliphatic rings. The van der Waals surface area contributed by atoms with Gasteiger partial charge in [0, 0.05) is 6.54 Å². The van der Waals surface area contributed by atoms with Gasteiger partial charge in [-0.25, -0.2) is 4.99 Å². The minimum atomic E-state index is -4.61. The monoisotopic (exact) mass is 388 g/mol. The quantitative estimate of drug-likeness (QED) is 0.876. The van der Waals surface area contributed by atoms with Crippen LogP contribution in [0.3, 0.4) is 0 Å². The number of alkyl halides is 3. The summed E-state index contributed by atoms with van der Waals surface area (Å²) in [7, 11) is 0. The summed E-state index contributed by atoms with van der Waals surface area (Å²) in [6.45, 7) is 3.97. The van der Waals surface area contributed by atoms with Crippen molar-refractivity contribution in [1.29, 1.82) is 0 Å². The number of halogens is 3. The number of carbonyl (C=O) groups excluding carboxylic acids is 2. The van der Waals surface area contributed by atoms with Crippen molar-refractivity contribution in [1.82, 2.24) is 5.32 Å². The third-order valence-electron chi connectivity index (χ3n) is 4.79. The number of rotatable bonds is 4. The Bertz CT molecular complexity index is 1060. The predicted molar refractivity (Wildman–Crippen MR) is 98.1 cm³/mol. The second-order valence-electron chi connectivity index (χ2n) is 6.81. The Balaban J connectivity index is 1.70. The SMILES string of the molecule is Cc1cc2c(cc1C)=NC(=O)C(CCNC(=O)c1ccccc1C(F)(F)F)C=2. The topological polar surface area (TPSA) is 58.5 Å². The molecule has 1 unspecified atom stereocenters. The Labute approximate surface area is 159 Å². The molecule has 1 N–H and O–H groups in total. The molecule has 0 saturated heterocycles. The van der Waals surface area contributed by atoms with Crippen LogP contribution in [0.15, 0.2) is 41.4 Å². The average Bonchev–Trinajstić information content (AvgIpc) is 2.63. The number of nitrogens with zero attached hydrogens (tertiary/aromatic N) is 1. The van der Waals surface area contributed by atoms with Gasteiger partial charge in [-0.05, 0) is 60.9 Å². The van der Waals surface area contributed by atoms with Crippen molar-refractivity contribution in [3.63, 3.8) is 0 Å². The zero-order chi connectivity index (χ0) is 20.5. The zero-order valence-corrected chi connectivity index (χ0v) is 15.4. The molecular formula is C21H19F3N2O2. The maximum atomic E-state index is 13.0. The maximum absolute atomic E-state index is 13.0. The summed E-state index contributed by atoms with van der Waals surface area (Å²) in [5, 5.41) is 3.94. The van der Waals surface area contributed by atoms with E-state index < -0.39 is 29.1 Å². The third kappa shape index (κ3) is 4.13. The Kier molecular flexibility index (Phi) is 5.36. The molecule has 0 radical (unpaired) electrons. The van der Waals surface area contributed by atoms with Crippen molar-refractivity contribution >= 4 is 17.9 Å². The molecule has 0 bridgehead atoms. The van der Waals surface area contributed by atoms with E-state index in [0.717, 1.165) is 28.5 Å². The third-order valence-corrected chi connectivity index (χ3v) is 4.79. The summed E-state index contributed by atoms with van der Waals surface area (Å²) in [5.41, 5.74) is 0.700. The van der Waals surface area contributed by atoms with Crippen LogP contribution in [0.2, 0.25) is 0 Å². The molecule has 2 aromatic carbocycles. The van der Waals surface area contributed by atoms with Crippen LogP contribution in [0.1, 0.15) is 33.5 Å². The van der Waals surface area contributed by atoms with Crippen LogP contribution in [0.4, 0.5) is 13.2 Å². The largest absolute Gasteiger partial charge is 0.417 e. The highest BCUT2D eigenvalue weighted by atomic mass is 19.4. The van der Waals surface area contributed by atoms with Gasteiger partial charge in [0.2, 0.25) is 0 Å². The first-order valence-corrected chi connectivity index (χ1v) is 8.83. The van der Waals surface area contributed by atoms with Crippen LogP contribution in [0.5, 0.6) is 0 Å². The van der Waals surface area contributed by atoms with Gasteiger partial charge in [-0.1, -0.05) is 18.2 Å². The lowest BCUT2D eigenvalue weighted by Crippen LogP contribution is -2.36. The zero-order valence-electron chi connectivity index (χ0n) is 15.4. The van der Waals surface area contributed by atoms with Crippen molar-refractivity contribution < 1.29 is 22.8 Å². The first-order valence-electron chi connectivity index (χ1n) is 8.83. The van der Waals surface area contributed by atoms with Gasteiger partial charge in [0.15, 0.2) is 0 Å². The lowest BCUT2D eigenvalue weighted by atomic mass is 9.98. The first kappa shape index (κ1) is 19.8. The van der Waals surface area contributed by atoms with Crippen molar-refractivity contribution in [2.75, 3.05) is 6.54 Å². The number of benzene rings is 2. The molecule has 146 valence electrons. The van der Waals surface area contributed by atoms with Gasteiger partial charge in [0.25, 0.3) is 11.8 Å². The fourth-order valence-corrected chi connectivity index (χ4v) is 3.11. The number of nitrogens with one attached hydrogen (secondary N) is 1. The van der Waals surface area contributed by atoms with Gasteiger partial charge in [0.1, 0.15) is 0 Å². The lowest BCUT2D eigenvalue weighted by Gasteiger charge is -2.15. The minimum absolute atomic E-state index is 0.0631. The van der Waals surface area contributed by atoms with E-state index in [-0.39, 0.29) is 18.9 Å². The molecule has 0 saturated carbocycles. The van der Waals surface area contributed by atoms with Gasteiger partial charge in [-0.2, -0.15) is 13.2 Å². The van der Waals surface area contributed by atoms with E-state index >= 15 is 0 Å². The number of amides is 2. The smallest absolute Gasteiger partial charge is 0.352 e. The highest BCUT2D eigenvalue weighted by Crippen LogP contribution is 2.31. The molecule has 28 heavy (non-hydrogen) atoms. The number of hydrogen-bond acceptors (Lipinski definition) is 2. The van der Waals surface area contributed by atoms with Crippen molar-refractivity contribution in [2.45, 2.75) is 26.4 Å². The number of hydrogen-bond donors (Lipinski definition) is 1. The van der Waals surface area contributed by atoms with E-state index in [0.29, 0.717) is 5.36 Å². The Morgan fingerprint density at radius 1 is 1.14 bits per heavy atom. The summed E-state index contributed by atoms with van der Waals surface area (Å²) in [6, 6.07) is 8.41. The molecule has 7 heteroatoms. The Morgan fingerprint density at radius 3 is 2.54 bits per heavy atom. The van der Waals surface area contributed by atoms with Crippen LogP contribution < -0.4 is 15.9 Å². The molecule has 0 aliphatic carbocycles. The van der Waals surface area contributed by atoms with E-state index in [1.807, 2.05) is 26.0 Å². The van der Waals surface area contributed by atoms with Crippen molar-refractivity contribution in [2.24, 2.45) is 10.9 Å². The summed E-state index contributed by atoms with van der Waals surface area (Å²) in [6.07, 6.45) is -2.55. The van der Waals surface area contributed by atoms with Gasteiger partial charge < -0.3 is 5.32 Å². The standard InChI is InChI=1S/C21H19F3N2O2/c1-12-9-15-11-14(19(27)26-18(15)10-13(12)2)7-8-25-20(28)16-5-3-4-6-17(16)21(22,23)24/h3-6,9-11,14H,7-8H2,1-2H3,(H,25,28). The number of carbonyl (C=O) groups is 2. The maximum Gasteiger partial charge on any atom is 0.417 e. The highest BCUT2D eigenvalue weighted by Gasteiger charge is 2.34. The summed E-state index contributed by atoms with van der Waals surface area (Å²) < 4.78 is 39.1. The summed E-state index contributed by atoms with van der Waals surface area (Å²) in [5.74, 6) is -1.66. The van der Waals surface area contributed by atoms with Crippen LogP contribution in [0, 0.1) is 19.8 Å². The van der Waals surface area contributed by atoms with E-state index in [9.17, 15) is 22.8 Å². The van der Waals surface area contributed by atoms with E-state index in [4.69, 9.17) is 0 Å². The van der Waals surface area contributed by atoms with Gasteiger partial charge in [-0.15, -0.1) is 0 Å². The normalized spacial score (nSPS) is 16.0. The van der Waals surface area contributed by atoms with Crippen LogP contribution in [-0.4, -0.2) is 18.4 Å². The van der Waals surface area contributed by atoms with Crippen LogP contribution >= 0.6 is 0 Å². The molecule has 4 nitrogen and oxygen atoms in total. The fraction of sp³-hybridized carbons (Fsp3) is 0.286.